The van der Waals surface area contributed by atoms with E-state index in [9.17, 15) is 14.9 Å². The minimum atomic E-state index is -0.436. The normalized spacial score (nSPS) is 14.5. The first kappa shape index (κ1) is 25.5. The molecule has 1 N–H and O–H groups in total. The van der Waals surface area contributed by atoms with Crippen LogP contribution in [0.3, 0.4) is 0 Å². The topological polar surface area (TPSA) is 98.0 Å². The van der Waals surface area contributed by atoms with Gasteiger partial charge < -0.3 is 15.0 Å². The first-order chi connectivity index (χ1) is 18.0. The lowest BCUT2D eigenvalue weighted by Gasteiger charge is -2.25. The fourth-order valence-corrected chi connectivity index (χ4v) is 4.36. The van der Waals surface area contributed by atoms with E-state index < -0.39 is 11.8 Å². The number of methoxy groups -OCH3 is 1. The van der Waals surface area contributed by atoms with Gasteiger partial charge in [0.1, 0.15) is 18.0 Å². The molecular formula is C29H29N5O3. The highest BCUT2D eigenvalue weighted by molar-refractivity contribution is 6.06. The van der Waals surface area contributed by atoms with Crippen molar-refractivity contribution in [3.8, 4) is 11.8 Å². The number of carbonyl (C=O) groups excluding carboxylic acids is 2. The fraction of sp³-hybridized carbons (Fsp3) is 0.241. The molecule has 8 nitrogen and oxygen atoms in total. The highest BCUT2D eigenvalue weighted by atomic mass is 16.5. The van der Waals surface area contributed by atoms with Crippen LogP contribution in [0.1, 0.15) is 36.4 Å². The van der Waals surface area contributed by atoms with Gasteiger partial charge >= 0.3 is 0 Å². The summed E-state index contributed by atoms with van der Waals surface area (Å²) in [5.41, 5.74) is 3.45. The first-order valence-electron chi connectivity index (χ1n) is 12.1. The second kappa shape index (κ2) is 11.9. The molecule has 4 rings (SSSR count). The van der Waals surface area contributed by atoms with E-state index in [0.29, 0.717) is 36.7 Å². The van der Waals surface area contributed by atoms with E-state index in [1.54, 1.807) is 31.4 Å². The van der Waals surface area contributed by atoms with Crippen LogP contribution in [-0.2, 0) is 9.59 Å². The molecule has 0 radical (unpaired) electrons. The van der Waals surface area contributed by atoms with Crippen molar-refractivity contribution in [3.63, 3.8) is 0 Å². The lowest BCUT2D eigenvalue weighted by Crippen LogP contribution is -2.31. The minimum absolute atomic E-state index is 0.306. The van der Waals surface area contributed by atoms with E-state index in [2.05, 4.69) is 11.4 Å². The zero-order valence-electron chi connectivity index (χ0n) is 20.9. The van der Waals surface area contributed by atoms with E-state index in [1.165, 1.54) is 5.01 Å². The highest BCUT2D eigenvalue weighted by Gasteiger charge is 2.36. The number of anilines is 2. The van der Waals surface area contributed by atoms with Crippen molar-refractivity contribution in [2.45, 2.75) is 32.2 Å². The summed E-state index contributed by atoms with van der Waals surface area (Å²) in [6, 6.07) is 26.4. The minimum Gasteiger partial charge on any atom is -0.497 e. The summed E-state index contributed by atoms with van der Waals surface area (Å²) in [5.74, 6) is 0.443. The van der Waals surface area contributed by atoms with Crippen LogP contribution in [-0.4, -0.2) is 36.3 Å². The van der Waals surface area contributed by atoms with Crippen molar-refractivity contribution < 1.29 is 14.3 Å². The van der Waals surface area contributed by atoms with Gasteiger partial charge in [-0.05, 0) is 36.2 Å². The summed E-state index contributed by atoms with van der Waals surface area (Å²) >= 11 is 0. The maximum atomic E-state index is 13.4. The maximum Gasteiger partial charge on any atom is 0.252 e. The Bertz CT molecular complexity index is 1330. The SMILES string of the molecule is COc1cccc(NC(=O)CC(=O)N2N=C(N(CCC#N)c3ccccc3C)C[C@H]2c2ccccc2)c1. The van der Waals surface area contributed by atoms with Crippen molar-refractivity contribution in [2.24, 2.45) is 5.10 Å². The molecule has 0 bridgehead atoms. The third-order valence-electron chi connectivity index (χ3n) is 6.16. The summed E-state index contributed by atoms with van der Waals surface area (Å²) in [6.07, 6.45) is 0.410. The van der Waals surface area contributed by atoms with Crippen molar-refractivity contribution in [3.05, 3.63) is 90.0 Å². The van der Waals surface area contributed by atoms with Gasteiger partial charge in [-0.3, -0.25) is 9.59 Å². The predicted molar refractivity (Wildman–Crippen MR) is 143 cm³/mol. The van der Waals surface area contributed by atoms with Gasteiger partial charge in [0.05, 0.1) is 25.6 Å². The number of amides is 2. The number of ether oxygens (including phenoxy) is 1. The molecule has 8 heteroatoms. The number of hydrogen-bond donors (Lipinski definition) is 1. The Hall–Kier alpha value is -4.64. The number of amidine groups is 1. The summed E-state index contributed by atoms with van der Waals surface area (Å²) in [7, 11) is 1.55. The molecule has 188 valence electrons. The van der Waals surface area contributed by atoms with E-state index in [4.69, 9.17) is 9.84 Å². The fourth-order valence-electron chi connectivity index (χ4n) is 4.36. The van der Waals surface area contributed by atoms with Crippen molar-refractivity contribution >= 4 is 29.0 Å². The van der Waals surface area contributed by atoms with Crippen LogP contribution >= 0.6 is 0 Å². The molecule has 0 unspecified atom stereocenters. The number of hydrogen-bond acceptors (Lipinski definition) is 6. The Morgan fingerprint density at radius 2 is 1.86 bits per heavy atom. The zero-order valence-corrected chi connectivity index (χ0v) is 20.9. The molecule has 0 aromatic heterocycles. The molecule has 3 aromatic rings. The standard InChI is InChI=1S/C29H29N5O3/c1-21-10-6-7-15-25(21)33(17-9-16-30)27-19-26(22-11-4-3-5-12-22)34(32-27)29(36)20-28(35)31-23-13-8-14-24(18-23)37-2/h3-8,10-15,18,26H,9,17,19-20H2,1-2H3,(H,31,35)/t26-/m0/s1. The van der Waals surface area contributed by atoms with Gasteiger partial charge in [0.15, 0.2) is 0 Å². The number of para-hydroxylation sites is 1. The van der Waals surface area contributed by atoms with Gasteiger partial charge in [-0.25, -0.2) is 5.01 Å². The van der Waals surface area contributed by atoms with Gasteiger partial charge in [-0.2, -0.15) is 10.4 Å². The number of aryl methyl sites for hydroxylation is 1. The average molecular weight is 496 g/mol. The number of hydrazone groups is 1. The molecule has 2 amide bonds. The van der Waals surface area contributed by atoms with E-state index in [1.807, 2.05) is 66.4 Å². The molecule has 3 aromatic carbocycles. The Labute approximate surface area is 216 Å². The molecule has 0 spiro atoms. The maximum absolute atomic E-state index is 13.4. The zero-order chi connectivity index (χ0) is 26.2. The number of benzene rings is 3. The molecule has 1 heterocycles. The first-order valence-corrected chi connectivity index (χ1v) is 12.1. The van der Waals surface area contributed by atoms with E-state index in [-0.39, 0.29) is 12.5 Å². The predicted octanol–water partition coefficient (Wildman–Crippen LogP) is 5.04. The van der Waals surface area contributed by atoms with Gasteiger partial charge in [0.2, 0.25) is 5.91 Å². The molecule has 1 aliphatic heterocycles. The monoisotopic (exact) mass is 495 g/mol. The van der Waals surface area contributed by atoms with Crippen molar-refractivity contribution in [1.82, 2.24) is 5.01 Å². The van der Waals surface area contributed by atoms with Crippen LogP contribution in [0.4, 0.5) is 11.4 Å². The molecule has 1 atom stereocenters. The third kappa shape index (κ3) is 6.14. The molecule has 0 saturated carbocycles. The van der Waals surface area contributed by atoms with E-state index >= 15 is 0 Å². The average Bonchev–Trinajstić information content (AvgIpc) is 3.36. The smallest absolute Gasteiger partial charge is 0.252 e. The molecule has 37 heavy (non-hydrogen) atoms. The number of rotatable bonds is 8. The van der Waals surface area contributed by atoms with E-state index in [0.717, 1.165) is 16.8 Å². The summed E-state index contributed by atoms with van der Waals surface area (Å²) in [6.45, 7) is 2.45. The van der Waals surface area contributed by atoms with Crippen LogP contribution in [0.15, 0.2) is 84.0 Å². The molecule has 0 aliphatic carbocycles. The largest absolute Gasteiger partial charge is 0.497 e. The Morgan fingerprint density at radius 3 is 2.59 bits per heavy atom. The molecule has 0 fully saturated rings. The number of nitriles is 1. The van der Waals surface area contributed by atoms with Gasteiger partial charge in [-0.1, -0.05) is 54.6 Å². The molecular weight excluding hydrogens is 466 g/mol. The second-order valence-corrected chi connectivity index (χ2v) is 8.69. The lowest BCUT2D eigenvalue weighted by molar-refractivity contribution is -0.136. The summed E-state index contributed by atoms with van der Waals surface area (Å²) < 4.78 is 5.20. The summed E-state index contributed by atoms with van der Waals surface area (Å²) in [5, 5.41) is 18.2. The second-order valence-electron chi connectivity index (χ2n) is 8.69. The summed E-state index contributed by atoms with van der Waals surface area (Å²) in [4.78, 5) is 28.1. The van der Waals surface area contributed by atoms with Crippen molar-refractivity contribution in [2.75, 3.05) is 23.9 Å². The number of carbonyl (C=O) groups is 2. The van der Waals surface area contributed by atoms with Crippen LogP contribution < -0.4 is 15.0 Å². The highest BCUT2D eigenvalue weighted by Crippen LogP contribution is 2.34. The Kier molecular flexibility index (Phi) is 8.16. The van der Waals surface area contributed by atoms with Gasteiger partial charge in [0.25, 0.3) is 5.91 Å². The van der Waals surface area contributed by atoms with Gasteiger partial charge in [0, 0.05) is 30.4 Å². The van der Waals surface area contributed by atoms with Crippen LogP contribution in [0.2, 0.25) is 0 Å². The van der Waals surface area contributed by atoms with Crippen LogP contribution in [0.5, 0.6) is 5.75 Å². The quantitative estimate of drug-likeness (QED) is 0.442. The number of nitrogens with one attached hydrogen (secondary N) is 1. The lowest BCUT2D eigenvalue weighted by atomic mass is 10.0. The van der Waals surface area contributed by atoms with Crippen LogP contribution in [0, 0.1) is 18.3 Å². The molecule has 0 saturated heterocycles. The Balaban J connectivity index is 1.60. The van der Waals surface area contributed by atoms with Gasteiger partial charge in [-0.15, -0.1) is 0 Å². The van der Waals surface area contributed by atoms with Crippen molar-refractivity contribution in [1.29, 1.82) is 5.26 Å². The van der Waals surface area contributed by atoms with Crippen LogP contribution in [0.25, 0.3) is 0 Å². The Morgan fingerprint density at radius 1 is 1.11 bits per heavy atom. The number of nitrogens with zero attached hydrogens (tertiary/aromatic N) is 4. The molecule has 1 aliphatic rings. The third-order valence-corrected chi connectivity index (χ3v) is 6.16.